The summed E-state index contributed by atoms with van der Waals surface area (Å²) < 4.78 is 58.1. The van der Waals surface area contributed by atoms with Gasteiger partial charge in [-0.05, 0) is 97.0 Å². The fourth-order valence-electron chi connectivity index (χ4n) is 10.1. The average Bonchev–Trinajstić information content (AvgIpc) is 3.35. The predicted molar refractivity (Wildman–Crippen MR) is 260 cm³/mol. The van der Waals surface area contributed by atoms with Crippen LogP contribution in [0.4, 0.5) is 0 Å². The smallest absolute Gasteiger partial charge is 0.311 e. The van der Waals surface area contributed by atoms with Gasteiger partial charge in [0.2, 0.25) is 0 Å². The minimum atomic E-state index is -0.266. The first kappa shape index (κ1) is 51.5. The molecule has 0 saturated carbocycles. The summed E-state index contributed by atoms with van der Waals surface area (Å²) in [6.07, 6.45) is 5.53. The molecule has 68 heavy (non-hydrogen) atoms. The van der Waals surface area contributed by atoms with Crippen molar-refractivity contribution < 1.29 is 65.9 Å². The Morgan fingerprint density at radius 2 is 0.926 bits per heavy atom. The van der Waals surface area contributed by atoms with Crippen molar-refractivity contribution in [1.29, 1.82) is 0 Å². The van der Waals surface area contributed by atoms with Crippen molar-refractivity contribution in [2.24, 2.45) is 0 Å². The molecule has 2 heterocycles. The molecule has 4 aromatic carbocycles. The van der Waals surface area contributed by atoms with Crippen LogP contribution in [0.15, 0.2) is 60.7 Å². The van der Waals surface area contributed by atoms with Crippen molar-refractivity contribution in [3.8, 4) is 46.0 Å². The van der Waals surface area contributed by atoms with Gasteiger partial charge in [-0.1, -0.05) is 12.1 Å². The molecule has 0 N–H and O–H groups in total. The number of benzene rings is 4. The molecule has 0 spiro atoms. The van der Waals surface area contributed by atoms with Crippen molar-refractivity contribution in [3.05, 3.63) is 94.0 Å². The van der Waals surface area contributed by atoms with E-state index in [2.05, 4.69) is 50.5 Å². The monoisotopic (exact) mass is 943 g/mol. The lowest BCUT2D eigenvalue weighted by Gasteiger charge is -2.46. The number of hydrogen-bond acceptors (Lipinski definition) is 12. The quantitative estimate of drug-likeness (QED) is 0.0380. The minimum absolute atomic E-state index is 0.0323. The second-order valence-corrected chi connectivity index (χ2v) is 18.5. The van der Waals surface area contributed by atoms with Gasteiger partial charge in [-0.3, -0.25) is 9.59 Å². The summed E-state index contributed by atoms with van der Waals surface area (Å²) in [6, 6.07) is 20.5. The van der Waals surface area contributed by atoms with Crippen LogP contribution in [0.1, 0.15) is 84.5 Å². The molecule has 0 fully saturated rings. The molecule has 370 valence electrons. The van der Waals surface area contributed by atoms with Gasteiger partial charge >= 0.3 is 11.9 Å². The van der Waals surface area contributed by atoms with Crippen LogP contribution in [0.25, 0.3) is 0 Å². The van der Waals surface area contributed by atoms with E-state index in [4.69, 9.17) is 47.4 Å². The van der Waals surface area contributed by atoms with Gasteiger partial charge < -0.3 is 56.3 Å². The number of nitrogens with zero attached hydrogens (tertiary/aromatic N) is 2. The first-order valence-corrected chi connectivity index (χ1v) is 23.7. The Labute approximate surface area is 403 Å². The Balaban J connectivity index is 1.00. The number of unbranched alkanes of at least 4 members (excludes halogenated alkanes) is 1. The second kappa shape index (κ2) is 23.4. The van der Waals surface area contributed by atoms with Gasteiger partial charge in [0.1, 0.15) is 12.1 Å². The molecule has 0 aliphatic carbocycles. The Morgan fingerprint density at radius 3 is 1.35 bits per heavy atom. The molecule has 5 atom stereocenters. The van der Waals surface area contributed by atoms with Crippen LogP contribution in [0.2, 0.25) is 0 Å². The Bertz CT molecular complexity index is 2350. The zero-order valence-electron chi connectivity index (χ0n) is 42.2. The van der Waals surface area contributed by atoms with E-state index in [1.807, 2.05) is 31.2 Å². The normalized spacial score (nSPS) is 19.9. The number of carbonyl (C=O) groups is 2. The number of quaternary nitrogens is 2. The van der Waals surface area contributed by atoms with Gasteiger partial charge in [-0.15, -0.1) is 0 Å². The first-order chi connectivity index (χ1) is 32.7. The third kappa shape index (κ3) is 12.0. The topological polar surface area (TPSA) is 126 Å². The summed E-state index contributed by atoms with van der Waals surface area (Å²) in [5.41, 5.74) is 7.00. The summed E-state index contributed by atoms with van der Waals surface area (Å²) in [4.78, 5) is 26.7. The van der Waals surface area contributed by atoms with E-state index in [1.54, 1.807) is 56.9 Å². The summed E-state index contributed by atoms with van der Waals surface area (Å²) >= 11 is 0. The van der Waals surface area contributed by atoms with Crippen LogP contribution in [-0.2, 0) is 44.7 Å². The molecule has 0 saturated heterocycles. The SMILES string of the molecule is COc1ccc(CC2c3cc(OC)c(OC)cc3CC[N+]2(C)CCC(=O)OCCCCC(C)OC(=O)CC[N+]2(C)CCc3cc(OC)c(OC)cc3C2Cc2ccc(OC)c(OC)c2)cc1OC. The van der Waals surface area contributed by atoms with Gasteiger partial charge in [-0.25, -0.2) is 0 Å². The van der Waals surface area contributed by atoms with Gasteiger partial charge in [0.25, 0.3) is 0 Å². The van der Waals surface area contributed by atoms with E-state index in [-0.39, 0.29) is 43.0 Å². The molecular weight excluding hydrogens is 869 g/mol. The zero-order valence-corrected chi connectivity index (χ0v) is 42.2. The van der Waals surface area contributed by atoms with Crippen molar-refractivity contribution in [3.63, 3.8) is 0 Å². The van der Waals surface area contributed by atoms with Gasteiger partial charge in [0.05, 0.1) is 123 Å². The van der Waals surface area contributed by atoms with Crippen LogP contribution in [0.5, 0.6) is 46.0 Å². The molecule has 0 radical (unpaired) electrons. The van der Waals surface area contributed by atoms with Crippen LogP contribution in [0, 0.1) is 0 Å². The molecule has 14 heteroatoms. The molecule has 5 unspecified atom stereocenters. The molecular formula is C54H74N2O12+2. The summed E-state index contributed by atoms with van der Waals surface area (Å²) in [5.74, 6) is 5.05. The number of esters is 2. The lowest BCUT2D eigenvalue weighted by atomic mass is 9.86. The van der Waals surface area contributed by atoms with Crippen LogP contribution in [-0.4, -0.2) is 131 Å². The maximum absolute atomic E-state index is 13.4. The fraction of sp³-hybridized carbons (Fsp3) is 0.519. The van der Waals surface area contributed by atoms with Crippen LogP contribution < -0.4 is 37.9 Å². The summed E-state index contributed by atoms with van der Waals surface area (Å²) in [7, 11) is 17.6. The number of carbonyl (C=O) groups excluding carboxylic acids is 2. The highest BCUT2D eigenvalue weighted by Gasteiger charge is 2.42. The molecule has 14 nitrogen and oxygen atoms in total. The minimum Gasteiger partial charge on any atom is -0.493 e. The molecule has 0 bridgehead atoms. The van der Waals surface area contributed by atoms with E-state index >= 15 is 0 Å². The number of methoxy groups -OCH3 is 8. The van der Waals surface area contributed by atoms with Crippen LogP contribution in [0.3, 0.4) is 0 Å². The summed E-state index contributed by atoms with van der Waals surface area (Å²) in [6.45, 7) is 5.16. The van der Waals surface area contributed by atoms with E-state index in [1.165, 1.54) is 22.3 Å². The van der Waals surface area contributed by atoms with Crippen molar-refractivity contribution >= 4 is 11.9 Å². The summed E-state index contributed by atoms with van der Waals surface area (Å²) in [5, 5.41) is 0. The molecule has 4 aromatic rings. The number of rotatable bonds is 24. The molecule has 2 aliphatic rings. The maximum atomic E-state index is 13.4. The lowest BCUT2D eigenvalue weighted by Crippen LogP contribution is -2.53. The maximum Gasteiger partial charge on any atom is 0.311 e. The third-order valence-electron chi connectivity index (χ3n) is 14.3. The van der Waals surface area contributed by atoms with E-state index in [9.17, 15) is 9.59 Å². The standard InChI is InChI=1S/C54H74N2O12/c1-36(68-54(58)22-26-56(3)24-20-40-33-50(64-9)52(66-11)35-42(40)44(56)29-38-16-18-46(60-5)48(31-38)62-7)14-12-13-27-67-53(57)21-25-55(2)23-19-39-32-49(63-8)51(65-10)34-41(39)43(55)28-37-15-17-45(59-4)47(30-37)61-6/h15-18,30-36,43-44H,12-14,19-29H2,1-11H3/q+2. The largest absolute Gasteiger partial charge is 0.493 e. The molecule has 0 amide bonds. The fourth-order valence-corrected chi connectivity index (χ4v) is 10.1. The molecule has 6 rings (SSSR count). The van der Waals surface area contributed by atoms with Crippen molar-refractivity contribution in [1.82, 2.24) is 0 Å². The molecule has 2 aliphatic heterocycles. The number of ether oxygens (including phenoxy) is 10. The Kier molecular flexibility index (Phi) is 17.8. The molecule has 0 aromatic heterocycles. The number of fused-ring (bicyclic) bond motifs is 2. The highest BCUT2D eigenvalue weighted by atomic mass is 16.5. The van der Waals surface area contributed by atoms with Crippen molar-refractivity contribution in [2.45, 2.75) is 82.9 Å². The lowest BCUT2D eigenvalue weighted by molar-refractivity contribution is -0.940. The van der Waals surface area contributed by atoms with E-state index < -0.39 is 0 Å². The van der Waals surface area contributed by atoms with Crippen molar-refractivity contribution in [2.75, 3.05) is 104 Å². The Hall–Kier alpha value is -5.86. The second-order valence-electron chi connectivity index (χ2n) is 18.5. The van der Waals surface area contributed by atoms with Crippen LogP contribution >= 0.6 is 0 Å². The Morgan fingerprint density at radius 1 is 0.529 bits per heavy atom. The van der Waals surface area contributed by atoms with Gasteiger partial charge in [0.15, 0.2) is 46.0 Å². The van der Waals surface area contributed by atoms with Gasteiger partial charge in [0, 0.05) is 36.8 Å². The zero-order chi connectivity index (χ0) is 49.0. The number of hydrogen-bond donors (Lipinski definition) is 0. The predicted octanol–water partition coefficient (Wildman–Crippen LogP) is 8.45. The third-order valence-corrected chi connectivity index (χ3v) is 14.3. The number of likely N-dealkylation sites (N-methyl/N-ethyl adjacent to an activating group) is 2. The highest BCUT2D eigenvalue weighted by Crippen LogP contribution is 2.45. The average molecular weight is 943 g/mol. The first-order valence-electron chi connectivity index (χ1n) is 23.7. The van der Waals surface area contributed by atoms with Gasteiger partial charge in [-0.2, -0.15) is 0 Å². The highest BCUT2D eigenvalue weighted by molar-refractivity contribution is 5.70. The van der Waals surface area contributed by atoms with E-state index in [0.29, 0.717) is 87.5 Å². The van der Waals surface area contributed by atoms with E-state index in [0.717, 1.165) is 56.3 Å².